The number of rotatable bonds is 4. The number of hydrogen-bond donors (Lipinski definition) is 0. The molecule has 0 aromatic heterocycles. The fraction of sp³-hybridized carbons (Fsp3) is 0.579. The molecule has 1 atom stereocenters. The summed E-state index contributed by atoms with van der Waals surface area (Å²) in [4.78, 5) is 27.6. The maximum atomic E-state index is 13.2. The van der Waals surface area contributed by atoms with E-state index in [4.69, 9.17) is 4.74 Å². The molecule has 1 saturated carbocycles. The molecule has 124 valence electrons. The summed E-state index contributed by atoms with van der Waals surface area (Å²) in [7, 11) is 1.38. The normalized spacial score (nSPS) is 25.6. The van der Waals surface area contributed by atoms with Gasteiger partial charge in [0.05, 0.1) is 7.11 Å². The van der Waals surface area contributed by atoms with Crippen LogP contribution in [0.2, 0.25) is 0 Å². The van der Waals surface area contributed by atoms with Crippen LogP contribution in [0.25, 0.3) is 0 Å². The smallest absolute Gasteiger partial charge is 0.321 e. The quantitative estimate of drug-likeness (QED) is 0.634. The number of likely N-dealkylation sites (tertiary alicyclic amines) is 1. The van der Waals surface area contributed by atoms with Gasteiger partial charge in [0.2, 0.25) is 5.91 Å². The lowest BCUT2D eigenvalue weighted by Gasteiger charge is -2.33. The maximum absolute atomic E-state index is 13.2. The Morgan fingerprint density at radius 1 is 1.22 bits per heavy atom. The highest BCUT2D eigenvalue weighted by Crippen LogP contribution is 2.40. The summed E-state index contributed by atoms with van der Waals surface area (Å²) in [6, 6.07) is 10.1. The van der Waals surface area contributed by atoms with E-state index in [0.717, 1.165) is 18.4 Å². The molecular weight excluding hydrogens is 290 g/mol. The first-order valence-corrected chi connectivity index (χ1v) is 8.61. The molecule has 1 unspecified atom stereocenters. The molecule has 1 aromatic rings. The van der Waals surface area contributed by atoms with E-state index in [0.29, 0.717) is 25.4 Å². The monoisotopic (exact) mass is 315 g/mol. The van der Waals surface area contributed by atoms with E-state index in [9.17, 15) is 9.59 Å². The minimum atomic E-state index is -1.03. The Kier molecular flexibility index (Phi) is 4.69. The minimum absolute atomic E-state index is 0.0277. The molecule has 0 bridgehead atoms. The molecule has 1 aliphatic carbocycles. The maximum Gasteiger partial charge on any atom is 0.321 e. The largest absolute Gasteiger partial charge is 0.468 e. The third-order valence-electron chi connectivity index (χ3n) is 5.39. The van der Waals surface area contributed by atoms with Gasteiger partial charge in [-0.05, 0) is 31.2 Å². The number of carbonyl (C=O) groups excluding carboxylic acids is 2. The van der Waals surface area contributed by atoms with Gasteiger partial charge in [-0.25, -0.2) is 0 Å². The number of carbonyl (C=O) groups is 2. The summed E-state index contributed by atoms with van der Waals surface area (Å²) in [6.45, 7) is 0.672. The Balaban J connectivity index is 1.85. The van der Waals surface area contributed by atoms with Gasteiger partial charge >= 0.3 is 5.97 Å². The van der Waals surface area contributed by atoms with Crippen molar-refractivity contribution in [2.24, 2.45) is 5.41 Å². The Labute approximate surface area is 137 Å². The van der Waals surface area contributed by atoms with Crippen molar-refractivity contribution in [1.29, 1.82) is 0 Å². The molecule has 1 saturated heterocycles. The van der Waals surface area contributed by atoms with Crippen LogP contribution in [-0.4, -0.2) is 36.5 Å². The molecule has 2 fully saturated rings. The number of nitrogens with zero attached hydrogens (tertiary/aromatic N) is 1. The third kappa shape index (κ3) is 2.99. The molecule has 0 N–H and O–H groups in total. The molecule has 23 heavy (non-hydrogen) atoms. The zero-order chi connectivity index (χ0) is 16.3. The second-order valence-corrected chi connectivity index (χ2v) is 6.78. The van der Waals surface area contributed by atoms with Crippen molar-refractivity contribution in [3.63, 3.8) is 0 Å². The SMILES string of the molecule is COC(=O)C1(Cc2ccccc2)CCN(C2CCCCC2)C1=O. The molecule has 1 heterocycles. The first kappa shape index (κ1) is 16.0. The van der Waals surface area contributed by atoms with E-state index in [1.807, 2.05) is 35.2 Å². The topological polar surface area (TPSA) is 46.6 Å². The molecule has 1 aliphatic heterocycles. The van der Waals surface area contributed by atoms with Crippen LogP contribution in [0.4, 0.5) is 0 Å². The predicted octanol–water partition coefficient (Wildman–Crippen LogP) is 2.95. The van der Waals surface area contributed by atoms with Gasteiger partial charge in [-0.3, -0.25) is 9.59 Å². The van der Waals surface area contributed by atoms with Gasteiger partial charge in [-0.1, -0.05) is 49.6 Å². The lowest BCUT2D eigenvalue weighted by molar-refractivity contribution is -0.159. The Morgan fingerprint density at radius 2 is 1.91 bits per heavy atom. The van der Waals surface area contributed by atoms with E-state index in [1.165, 1.54) is 26.4 Å². The van der Waals surface area contributed by atoms with Crippen molar-refractivity contribution < 1.29 is 14.3 Å². The average molecular weight is 315 g/mol. The fourth-order valence-electron chi connectivity index (χ4n) is 4.10. The van der Waals surface area contributed by atoms with Crippen molar-refractivity contribution in [2.45, 2.75) is 51.0 Å². The number of ether oxygens (including phenoxy) is 1. The highest BCUT2D eigenvalue weighted by Gasteiger charge is 2.54. The van der Waals surface area contributed by atoms with Gasteiger partial charge < -0.3 is 9.64 Å². The zero-order valence-corrected chi connectivity index (χ0v) is 13.8. The van der Waals surface area contributed by atoms with E-state index in [-0.39, 0.29) is 11.9 Å². The first-order valence-electron chi connectivity index (χ1n) is 8.61. The molecule has 0 spiro atoms. The fourth-order valence-corrected chi connectivity index (χ4v) is 4.10. The van der Waals surface area contributed by atoms with E-state index in [1.54, 1.807) is 0 Å². The summed E-state index contributed by atoms with van der Waals surface area (Å²) in [5.41, 5.74) is -0.0233. The van der Waals surface area contributed by atoms with Crippen LogP contribution >= 0.6 is 0 Å². The summed E-state index contributed by atoms with van der Waals surface area (Å²) in [5, 5.41) is 0. The zero-order valence-electron chi connectivity index (χ0n) is 13.8. The number of hydrogen-bond acceptors (Lipinski definition) is 3. The number of methoxy groups -OCH3 is 1. The second-order valence-electron chi connectivity index (χ2n) is 6.78. The van der Waals surface area contributed by atoms with Crippen molar-refractivity contribution >= 4 is 11.9 Å². The van der Waals surface area contributed by atoms with Gasteiger partial charge in [-0.15, -0.1) is 0 Å². The number of benzene rings is 1. The van der Waals surface area contributed by atoms with Gasteiger partial charge in [0.25, 0.3) is 0 Å². The molecule has 4 nitrogen and oxygen atoms in total. The van der Waals surface area contributed by atoms with Gasteiger partial charge in [0.1, 0.15) is 0 Å². The lowest BCUT2D eigenvalue weighted by atomic mass is 9.80. The summed E-state index contributed by atoms with van der Waals surface area (Å²) in [5.74, 6) is -0.412. The van der Waals surface area contributed by atoms with E-state index in [2.05, 4.69) is 0 Å². The highest BCUT2D eigenvalue weighted by atomic mass is 16.5. The van der Waals surface area contributed by atoms with Crippen molar-refractivity contribution in [2.75, 3.05) is 13.7 Å². The molecule has 1 amide bonds. The Bertz CT molecular complexity index is 565. The van der Waals surface area contributed by atoms with Crippen LogP contribution in [0.15, 0.2) is 30.3 Å². The molecule has 3 rings (SSSR count). The standard InChI is InChI=1S/C19H25NO3/c1-23-18(22)19(14-15-8-4-2-5-9-15)12-13-20(17(19)21)16-10-6-3-7-11-16/h2,4-5,8-9,16H,3,6-7,10-14H2,1H3. The van der Waals surface area contributed by atoms with Gasteiger partial charge in [0, 0.05) is 12.6 Å². The molecule has 2 aliphatic rings. The molecule has 1 aromatic carbocycles. The van der Waals surface area contributed by atoms with Crippen LogP contribution in [0.5, 0.6) is 0 Å². The minimum Gasteiger partial charge on any atom is -0.468 e. The number of amides is 1. The van der Waals surface area contributed by atoms with Crippen LogP contribution in [0.3, 0.4) is 0 Å². The van der Waals surface area contributed by atoms with Crippen molar-refractivity contribution in [3.05, 3.63) is 35.9 Å². The van der Waals surface area contributed by atoms with Crippen LogP contribution < -0.4 is 0 Å². The number of esters is 1. The predicted molar refractivity (Wildman–Crippen MR) is 87.8 cm³/mol. The van der Waals surface area contributed by atoms with E-state index >= 15 is 0 Å². The third-order valence-corrected chi connectivity index (χ3v) is 5.39. The summed E-state index contributed by atoms with van der Waals surface area (Å²) in [6.07, 6.45) is 6.73. The molecular formula is C19H25NO3. The molecule has 4 heteroatoms. The van der Waals surface area contributed by atoms with Crippen molar-refractivity contribution in [3.8, 4) is 0 Å². The highest BCUT2D eigenvalue weighted by molar-refractivity contribution is 6.04. The summed E-state index contributed by atoms with van der Waals surface area (Å²) >= 11 is 0. The van der Waals surface area contributed by atoms with Gasteiger partial charge in [0.15, 0.2) is 5.41 Å². The second kappa shape index (κ2) is 6.73. The summed E-state index contributed by atoms with van der Waals surface area (Å²) < 4.78 is 5.03. The van der Waals surface area contributed by atoms with Gasteiger partial charge in [-0.2, -0.15) is 0 Å². The first-order chi connectivity index (χ1) is 11.2. The van der Waals surface area contributed by atoms with Crippen LogP contribution in [0, 0.1) is 5.41 Å². The Morgan fingerprint density at radius 3 is 2.57 bits per heavy atom. The van der Waals surface area contributed by atoms with Crippen LogP contribution in [0.1, 0.15) is 44.1 Å². The van der Waals surface area contributed by atoms with E-state index < -0.39 is 5.41 Å². The Hall–Kier alpha value is -1.84. The average Bonchev–Trinajstić information content (AvgIpc) is 2.93. The lowest BCUT2D eigenvalue weighted by Crippen LogP contribution is -2.46. The van der Waals surface area contributed by atoms with Crippen molar-refractivity contribution in [1.82, 2.24) is 4.90 Å². The molecule has 0 radical (unpaired) electrons. The van der Waals surface area contributed by atoms with Crippen LogP contribution in [-0.2, 0) is 20.7 Å².